The fraction of sp³-hybridized carbons (Fsp3) is 0.350. The summed E-state index contributed by atoms with van der Waals surface area (Å²) in [6, 6.07) is 14.5. The van der Waals surface area contributed by atoms with Crippen molar-refractivity contribution < 1.29 is 4.79 Å². The molecule has 1 heterocycles. The second-order valence-corrected chi connectivity index (χ2v) is 7.45. The fourth-order valence-corrected chi connectivity index (χ4v) is 4.41. The van der Waals surface area contributed by atoms with Gasteiger partial charge in [-0.1, -0.05) is 42.8 Å². The highest BCUT2D eigenvalue weighted by atomic mass is 32.2. The van der Waals surface area contributed by atoms with E-state index in [-0.39, 0.29) is 11.4 Å². The van der Waals surface area contributed by atoms with E-state index in [2.05, 4.69) is 56.4 Å². The minimum atomic E-state index is -0.0192. The minimum Gasteiger partial charge on any atom is -0.308 e. The molecule has 2 aromatic carbocycles. The number of nitrogens with zero attached hydrogens (tertiary/aromatic N) is 1. The predicted molar refractivity (Wildman–Crippen MR) is 103 cm³/mol. The van der Waals surface area contributed by atoms with E-state index in [0.29, 0.717) is 0 Å². The summed E-state index contributed by atoms with van der Waals surface area (Å²) in [5.41, 5.74) is 5.87. The number of amides is 2. The summed E-state index contributed by atoms with van der Waals surface area (Å²) < 4.78 is 0. The van der Waals surface area contributed by atoms with Gasteiger partial charge in [-0.3, -0.25) is 0 Å². The molecule has 0 saturated carbocycles. The molecule has 1 N–H and O–H groups in total. The topological polar surface area (TPSA) is 32.3 Å². The zero-order chi connectivity index (χ0) is 17.1. The van der Waals surface area contributed by atoms with E-state index >= 15 is 0 Å². The van der Waals surface area contributed by atoms with Crippen LogP contribution >= 0.6 is 11.8 Å². The van der Waals surface area contributed by atoms with Crippen molar-refractivity contribution in [3.05, 3.63) is 64.7 Å². The number of aryl methyl sites for hydroxylation is 3. The van der Waals surface area contributed by atoms with E-state index in [1.807, 2.05) is 28.8 Å². The van der Waals surface area contributed by atoms with E-state index in [0.717, 1.165) is 24.4 Å². The summed E-state index contributed by atoms with van der Waals surface area (Å²) in [6.45, 7) is 7.13. The second kappa shape index (κ2) is 7.31. The van der Waals surface area contributed by atoms with Gasteiger partial charge in [0.2, 0.25) is 0 Å². The zero-order valence-electron chi connectivity index (χ0n) is 14.5. The number of hydrogen-bond acceptors (Lipinski definition) is 2. The fourth-order valence-electron chi connectivity index (χ4n) is 3.06. The van der Waals surface area contributed by atoms with Crippen LogP contribution in [0.5, 0.6) is 0 Å². The Hall–Kier alpha value is -1.94. The van der Waals surface area contributed by atoms with Gasteiger partial charge < -0.3 is 10.2 Å². The molecule has 1 fully saturated rings. The number of nitrogens with one attached hydrogen (secondary N) is 1. The van der Waals surface area contributed by atoms with Crippen LogP contribution in [0, 0.1) is 13.8 Å². The molecule has 0 bridgehead atoms. The summed E-state index contributed by atoms with van der Waals surface area (Å²) in [6.07, 6.45) is 1.01. The molecule has 0 aromatic heterocycles. The molecule has 2 aromatic rings. The van der Waals surface area contributed by atoms with Crippen molar-refractivity contribution in [3.8, 4) is 0 Å². The molecule has 2 amide bonds. The largest absolute Gasteiger partial charge is 0.323 e. The Kier molecular flexibility index (Phi) is 5.14. The van der Waals surface area contributed by atoms with Crippen LogP contribution in [0.25, 0.3) is 0 Å². The van der Waals surface area contributed by atoms with Gasteiger partial charge in [0.15, 0.2) is 0 Å². The lowest BCUT2D eigenvalue weighted by molar-refractivity contribution is 0.214. The van der Waals surface area contributed by atoms with Gasteiger partial charge >= 0.3 is 6.03 Å². The Balaban J connectivity index is 1.75. The lowest BCUT2D eigenvalue weighted by Gasteiger charge is -2.26. The number of urea groups is 1. The Bertz CT molecular complexity index is 727. The zero-order valence-corrected chi connectivity index (χ0v) is 15.3. The van der Waals surface area contributed by atoms with Crippen molar-refractivity contribution >= 4 is 23.5 Å². The molecule has 1 atom stereocenters. The molecule has 0 aliphatic carbocycles. The molecule has 1 saturated heterocycles. The summed E-state index contributed by atoms with van der Waals surface area (Å²) in [5.74, 6) is 0.972. The summed E-state index contributed by atoms with van der Waals surface area (Å²) >= 11 is 1.83. The molecular formula is C20H24N2OS. The van der Waals surface area contributed by atoms with Crippen molar-refractivity contribution in [3.63, 3.8) is 0 Å². The lowest BCUT2D eigenvalue weighted by atomic mass is 10.1. The highest BCUT2D eigenvalue weighted by Crippen LogP contribution is 2.39. The van der Waals surface area contributed by atoms with Crippen LogP contribution in [0.1, 0.15) is 34.6 Å². The van der Waals surface area contributed by atoms with Gasteiger partial charge in [0.1, 0.15) is 5.37 Å². The maximum absolute atomic E-state index is 12.7. The monoisotopic (exact) mass is 340 g/mol. The Morgan fingerprint density at radius 2 is 1.96 bits per heavy atom. The van der Waals surface area contributed by atoms with Gasteiger partial charge in [-0.2, -0.15) is 0 Å². The Labute approximate surface area is 148 Å². The third-order valence-corrected chi connectivity index (χ3v) is 5.70. The standard InChI is InChI=1S/C20H24N2OS/c1-4-16-6-8-17(9-7-16)21-20(23)22-11-12-24-19(22)18-10-5-14(2)13-15(18)3/h5-10,13,19H,4,11-12H2,1-3H3,(H,21,23). The number of rotatable bonds is 3. The number of thioether (sulfide) groups is 1. The Morgan fingerprint density at radius 3 is 2.62 bits per heavy atom. The van der Waals surface area contributed by atoms with Crippen molar-refractivity contribution in [2.45, 2.75) is 32.6 Å². The first-order valence-electron chi connectivity index (χ1n) is 8.44. The molecule has 4 heteroatoms. The van der Waals surface area contributed by atoms with Crippen molar-refractivity contribution in [2.75, 3.05) is 17.6 Å². The summed E-state index contributed by atoms with van der Waals surface area (Å²) in [7, 11) is 0. The SMILES string of the molecule is CCc1ccc(NC(=O)N2CCSC2c2ccc(C)cc2C)cc1. The number of carbonyl (C=O) groups excluding carboxylic acids is 1. The van der Waals surface area contributed by atoms with E-state index in [4.69, 9.17) is 0 Å². The molecule has 1 aliphatic heterocycles. The molecular weight excluding hydrogens is 316 g/mol. The lowest BCUT2D eigenvalue weighted by Crippen LogP contribution is -2.34. The second-order valence-electron chi connectivity index (χ2n) is 6.26. The van der Waals surface area contributed by atoms with Gasteiger partial charge in [-0.25, -0.2) is 4.79 Å². The number of anilines is 1. The van der Waals surface area contributed by atoms with E-state index in [9.17, 15) is 4.79 Å². The summed E-state index contributed by atoms with van der Waals surface area (Å²) in [4.78, 5) is 14.7. The first-order chi connectivity index (χ1) is 11.6. The average Bonchev–Trinajstić information content (AvgIpc) is 3.05. The molecule has 1 aliphatic rings. The van der Waals surface area contributed by atoms with Gasteiger partial charge in [0.05, 0.1) is 0 Å². The van der Waals surface area contributed by atoms with Gasteiger partial charge in [0, 0.05) is 18.0 Å². The van der Waals surface area contributed by atoms with Crippen LogP contribution in [0.4, 0.5) is 10.5 Å². The van der Waals surface area contributed by atoms with Crippen LogP contribution in [0.15, 0.2) is 42.5 Å². The Morgan fingerprint density at radius 1 is 1.21 bits per heavy atom. The molecule has 126 valence electrons. The quantitative estimate of drug-likeness (QED) is 0.838. The van der Waals surface area contributed by atoms with Crippen molar-refractivity contribution in [1.29, 1.82) is 0 Å². The molecule has 3 nitrogen and oxygen atoms in total. The van der Waals surface area contributed by atoms with Crippen molar-refractivity contribution in [2.24, 2.45) is 0 Å². The van der Waals surface area contributed by atoms with E-state index < -0.39 is 0 Å². The molecule has 1 unspecified atom stereocenters. The summed E-state index contributed by atoms with van der Waals surface area (Å²) in [5, 5.41) is 3.14. The smallest absolute Gasteiger partial charge is 0.308 e. The number of hydrogen-bond donors (Lipinski definition) is 1. The third-order valence-electron chi connectivity index (χ3n) is 4.46. The molecule has 24 heavy (non-hydrogen) atoms. The minimum absolute atomic E-state index is 0.0192. The maximum atomic E-state index is 12.7. The van der Waals surface area contributed by atoms with Gasteiger partial charge in [0.25, 0.3) is 0 Å². The van der Waals surface area contributed by atoms with Gasteiger partial charge in [-0.15, -0.1) is 11.8 Å². The third kappa shape index (κ3) is 3.59. The number of benzene rings is 2. The first-order valence-corrected chi connectivity index (χ1v) is 9.48. The molecule has 3 rings (SSSR count). The van der Waals surface area contributed by atoms with E-state index in [1.165, 1.54) is 22.3 Å². The average molecular weight is 340 g/mol. The van der Waals surface area contributed by atoms with Crippen LogP contribution in [0.3, 0.4) is 0 Å². The van der Waals surface area contributed by atoms with Crippen molar-refractivity contribution in [1.82, 2.24) is 4.90 Å². The van der Waals surface area contributed by atoms with Crippen LogP contribution < -0.4 is 5.32 Å². The highest BCUT2D eigenvalue weighted by molar-refractivity contribution is 7.99. The normalized spacial score (nSPS) is 17.1. The molecule has 0 radical (unpaired) electrons. The van der Waals surface area contributed by atoms with E-state index in [1.54, 1.807) is 0 Å². The maximum Gasteiger partial charge on any atom is 0.323 e. The number of carbonyl (C=O) groups is 1. The predicted octanol–water partition coefficient (Wildman–Crippen LogP) is 5.15. The van der Waals surface area contributed by atoms with Gasteiger partial charge in [-0.05, 0) is 49.1 Å². The first kappa shape index (κ1) is 16.9. The highest BCUT2D eigenvalue weighted by Gasteiger charge is 2.31. The van der Waals surface area contributed by atoms with Crippen LogP contribution in [-0.4, -0.2) is 23.2 Å². The molecule has 0 spiro atoms. The van der Waals surface area contributed by atoms with Crippen LogP contribution in [-0.2, 0) is 6.42 Å². The van der Waals surface area contributed by atoms with Crippen LogP contribution in [0.2, 0.25) is 0 Å².